The first-order valence-electron chi connectivity index (χ1n) is 31.0. The van der Waals surface area contributed by atoms with E-state index < -0.39 is 0 Å². The molecule has 0 aliphatic carbocycles. The van der Waals surface area contributed by atoms with Crippen molar-refractivity contribution in [2.45, 2.75) is 106 Å². The summed E-state index contributed by atoms with van der Waals surface area (Å²) in [5, 5.41) is 4.53. The zero-order valence-electron chi connectivity index (χ0n) is 53.4. The number of hydrogen-bond donors (Lipinski definition) is 0. The van der Waals surface area contributed by atoms with Gasteiger partial charge in [0.1, 0.15) is 11.2 Å². The first-order chi connectivity index (χ1) is 42.6. The summed E-state index contributed by atoms with van der Waals surface area (Å²) in [4.78, 5) is 9.36. The third-order valence-electron chi connectivity index (χ3n) is 17.5. The average molecular weight is 1190 g/mol. The molecule has 0 radical (unpaired) electrons. The predicted octanol–water partition coefficient (Wildman–Crippen LogP) is 25.1. The van der Waals surface area contributed by atoms with Crippen LogP contribution in [-0.2, 0) is 16.2 Å². The van der Waals surface area contributed by atoms with E-state index in [2.05, 4.69) is 340 Å². The molecule has 0 amide bonds. The summed E-state index contributed by atoms with van der Waals surface area (Å²) in [6.07, 6.45) is 0. The van der Waals surface area contributed by atoms with Gasteiger partial charge in [0.15, 0.2) is 11.2 Å². The van der Waals surface area contributed by atoms with E-state index in [9.17, 15) is 0 Å². The number of benzene rings is 11. The van der Waals surface area contributed by atoms with E-state index in [-0.39, 0.29) is 16.2 Å². The van der Waals surface area contributed by atoms with Gasteiger partial charge in [-0.25, -0.2) is 0 Å². The number of rotatable bonds is 12. The van der Waals surface area contributed by atoms with Crippen LogP contribution in [0.5, 0.6) is 0 Å². The van der Waals surface area contributed by atoms with Crippen molar-refractivity contribution in [1.82, 2.24) is 0 Å². The van der Waals surface area contributed by atoms with Crippen molar-refractivity contribution in [2.75, 3.05) is 19.6 Å². The van der Waals surface area contributed by atoms with Gasteiger partial charge in [-0.15, -0.1) is 0 Å². The average Bonchev–Trinajstić information content (AvgIpc) is 1.70. The lowest BCUT2D eigenvalue weighted by Crippen LogP contribution is -2.19. The Morgan fingerprint density at radius 3 is 0.854 bits per heavy atom. The number of aryl methyl sites for hydroxylation is 4. The molecule has 13 aromatic rings. The van der Waals surface area contributed by atoms with Gasteiger partial charge in [0, 0.05) is 44.9 Å². The van der Waals surface area contributed by atoms with E-state index in [0.717, 1.165) is 118 Å². The molecule has 0 aliphatic rings. The minimum Gasteiger partial charge on any atom is -0.454 e. The molecule has 0 spiro atoms. The lowest BCUT2D eigenvalue weighted by atomic mass is 9.85. The Labute approximate surface area is 529 Å². The fraction of sp³-hybridized carbons (Fsp3) is 0.195. The highest BCUT2D eigenvalue weighted by Gasteiger charge is 2.33. The van der Waals surface area contributed by atoms with E-state index in [4.69, 9.17) is 20.4 Å². The van der Waals surface area contributed by atoms with Gasteiger partial charge in [-0.3, -0.25) is 0 Å². The molecule has 2 aromatic heterocycles. The summed E-state index contributed by atoms with van der Waals surface area (Å²) in [6, 6.07) is 83.5. The van der Waals surface area contributed by atoms with E-state index >= 15 is 0 Å². The van der Waals surface area contributed by atoms with Gasteiger partial charge in [0.05, 0.1) is 49.9 Å². The van der Waals surface area contributed by atoms with E-state index in [1.807, 2.05) is 0 Å². The monoisotopic (exact) mass is 1180 g/mol. The normalized spacial score (nSPS) is 12.2. The molecule has 13 rings (SSSR count). The quantitative estimate of drug-likeness (QED) is 0.121. The Hall–Kier alpha value is -9.49. The summed E-state index contributed by atoms with van der Waals surface area (Å²) in [7, 11) is 0. The van der Waals surface area contributed by atoms with Crippen molar-refractivity contribution < 1.29 is 8.83 Å². The third kappa shape index (κ3) is 11.0. The van der Waals surface area contributed by atoms with Crippen molar-refractivity contribution in [3.05, 3.63) is 274 Å². The summed E-state index contributed by atoms with van der Waals surface area (Å²) < 4.78 is 14.6. The highest BCUT2D eigenvalue weighted by atomic mass is 35.5. The molecule has 6 nitrogen and oxygen atoms in total. The number of nitrogens with zero attached hydrogens (tertiary/aromatic N) is 4. The molecule has 0 fully saturated rings. The van der Waals surface area contributed by atoms with Crippen molar-refractivity contribution in [3.63, 3.8) is 0 Å². The van der Waals surface area contributed by atoms with Crippen molar-refractivity contribution in [1.29, 1.82) is 0 Å². The van der Waals surface area contributed by atoms with E-state index in [1.54, 1.807) is 0 Å². The molecule has 444 valence electrons. The van der Waals surface area contributed by atoms with Crippen LogP contribution in [0.4, 0.5) is 68.2 Å². The van der Waals surface area contributed by atoms with Crippen LogP contribution >= 0.6 is 11.6 Å². The first-order valence-corrected chi connectivity index (χ1v) is 31.4. The summed E-state index contributed by atoms with van der Waals surface area (Å²) in [5.74, 6) is 0. The maximum atomic E-state index is 8.56. The summed E-state index contributed by atoms with van der Waals surface area (Å²) in [6.45, 7) is 28.9. The van der Waals surface area contributed by atoms with Gasteiger partial charge in [-0.2, -0.15) is 0 Å². The number of furan rings is 2. The second kappa shape index (κ2) is 22.6. The van der Waals surface area contributed by atoms with Gasteiger partial charge < -0.3 is 28.4 Å². The SMILES string of the molecule is Cc1ccc(N(c2ccc(C)cc2)c2ccc(N(c3ccc(C(C)(C)C)cc3)c3cc(C(C)(C)C)cc(N(c4ccc(C(C)(C)C)cc4)c4ccc(N(c5ccc(C)cc5)c5ccc(C)cc5)c5c4oc4ccccc45)c3Cl)c3oc4ccccc4c23)cc1. The highest BCUT2D eigenvalue weighted by molar-refractivity contribution is 6.37. The Morgan fingerprint density at radius 1 is 0.281 bits per heavy atom. The smallest absolute Gasteiger partial charge is 0.161 e. The van der Waals surface area contributed by atoms with Crippen LogP contribution in [-0.4, -0.2) is 0 Å². The van der Waals surface area contributed by atoms with Crippen LogP contribution in [0.25, 0.3) is 43.9 Å². The maximum absolute atomic E-state index is 8.56. The number of hydrogen-bond acceptors (Lipinski definition) is 6. The lowest BCUT2D eigenvalue weighted by Gasteiger charge is -2.34. The lowest BCUT2D eigenvalue weighted by molar-refractivity contribution is 0.589. The molecule has 89 heavy (non-hydrogen) atoms. The number of para-hydroxylation sites is 2. The summed E-state index contributed by atoms with van der Waals surface area (Å²) in [5.41, 5.74) is 22.0. The van der Waals surface area contributed by atoms with Crippen molar-refractivity contribution in [2.24, 2.45) is 0 Å². The third-order valence-corrected chi connectivity index (χ3v) is 17.9. The van der Waals surface area contributed by atoms with Gasteiger partial charge in [0.25, 0.3) is 0 Å². The molecular weight excluding hydrogens is 1110 g/mol. The van der Waals surface area contributed by atoms with Crippen LogP contribution in [0.3, 0.4) is 0 Å². The fourth-order valence-electron chi connectivity index (χ4n) is 12.3. The molecule has 0 saturated carbocycles. The Kier molecular flexibility index (Phi) is 14.9. The largest absolute Gasteiger partial charge is 0.454 e. The Morgan fingerprint density at radius 2 is 0.551 bits per heavy atom. The van der Waals surface area contributed by atoms with Gasteiger partial charge in [-0.05, 0) is 182 Å². The molecule has 0 saturated heterocycles. The number of fused-ring (bicyclic) bond motifs is 6. The Bertz CT molecular complexity index is 4360. The fourth-order valence-corrected chi connectivity index (χ4v) is 12.6. The Balaban J connectivity index is 1.11. The molecule has 0 bridgehead atoms. The van der Waals surface area contributed by atoms with Crippen LogP contribution in [0, 0.1) is 27.7 Å². The van der Waals surface area contributed by atoms with E-state index in [1.165, 1.54) is 33.4 Å². The first kappa shape index (κ1) is 58.5. The number of halogens is 1. The van der Waals surface area contributed by atoms with Crippen LogP contribution in [0.15, 0.2) is 239 Å². The topological polar surface area (TPSA) is 39.2 Å². The minimum atomic E-state index is -0.361. The second-order valence-electron chi connectivity index (χ2n) is 27.2. The standard InChI is InChI=1S/C82H77ClN4O2/c1-52-22-34-59(35-23-52)84(60-36-24-53(2)25-37-60)67-46-48-69(78-75(67)65-18-14-16-20-73(65)88-78)86(63-42-30-56(31-43-63)80(5,6)7)71-50-58(82(11,12)13)51-72(77(71)83)87(64-44-32-57(33-45-64)81(8,9)10)70-49-47-68(76-66-19-15-17-21-74(66)89-79(70)76)85(61-38-26-54(3)27-39-61)62-40-28-55(4)29-41-62/h14-51H,1-13H3. The highest BCUT2D eigenvalue weighted by Crippen LogP contribution is 2.55. The van der Waals surface area contributed by atoms with Gasteiger partial charge in [0.2, 0.25) is 0 Å². The molecular formula is C82H77ClN4O2. The van der Waals surface area contributed by atoms with Crippen molar-refractivity contribution in [3.8, 4) is 0 Å². The van der Waals surface area contributed by atoms with Gasteiger partial charge in [-0.1, -0.05) is 205 Å². The molecule has 2 heterocycles. The van der Waals surface area contributed by atoms with Crippen LogP contribution < -0.4 is 19.6 Å². The van der Waals surface area contributed by atoms with Crippen LogP contribution in [0.1, 0.15) is 101 Å². The van der Waals surface area contributed by atoms with Gasteiger partial charge >= 0.3 is 0 Å². The minimum absolute atomic E-state index is 0.0960. The predicted molar refractivity (Wildman–Crippen MR) is 380 cm³/mol. The summed E-state index contributed by atoms with van der Waals surface area (Å²) >= 11 is 8.56. The van der Waals surface area contributed by atoms with E-state index in [0.29, 0.717) is 5.02 Å². The van der Waals surface area contributed by atoms with Crippen molar-refractivity contribution >= 4 is 124 Å². The molecule has 0 N–H and O–H groups in total. The molecule has 0 aliphatic heterocycles. The molecule has 7 heteroatoms. The zero-order chi connectivity index (χ0) is 62.3. The molecule has 11 aromatic carbocycles. The second-order valence-corrected chi connectivity index (χ2v) is 27.5. The molecule has 0 atom stereocenters. The molecule has 0 unspecified atom stereocenters. The van der Waals surface area contributed by atoms with Crippen LogP contribution in [0.2, 0.25) is 5.02 Å². The maximum Gasteiger partial charge on any atom is 0.161 e. The zero-order valence-corrected chi connectivity index (χ0v) is 54.2. The number of anilines is 12.